The van der Waals surface area contributed by atoms with Gasteiger partial charge in [-0.05, 0) is 64.2 Å². The van der Waals surface area contributed by atoms with Gasteiger partial charge in [0.15, 0.2) is 6.10 Å². The third-order valence-corrected chi connectivity index (χ3v) is 10.5. The van der Waals surface area contributed by atoms with Gasteiger partial charge in [0.25, 0.3) is 0 Å². The number of rotatable bonds is 44. The lowest BCUT2D eigenvalue weighted by molar-refractivity contribution is -0.167. The summed E-state index contributed by atoms with van der Waals surface area (Å²) in [7, 11) is 0. The average molecular weight is 861 g/mol. The van der Waals surface area contributed by atoms with Crippen LogP contribution in [0.1, 0.15) is 220 Å². The highest BCUT2D eigenvalue weighted by Crippen LogP contribution is 2.14. The molecule has 0 heterocycles. The van der Waals surface area contributed by atoms with E-state index in [1.54, 1.807) is 0 Å². The maximum atomic E-state index is 12.8. The van der Waals surface area contributed by atoms with Crippen molar-refractivity contribution < 1.29 is 28.6 Å². The zero-order chi connectivity index (χ0) is 45.1. The Kier molecular flexibility index (Phi) is 47.0. The van der Waals surface area contributed by atoms with Crippen molar-refractivity contribution in [3.63, 3.8) is 0 Å². The Morgan fingerprint density at radius 1 is 0.339 bits per heavy atom. The molecular formula is C56H92O6. The van der Waals surface area contributed by atoms with Crippen molar-refractivity contribution in [2.75, 3.05) is 13.2 Å². The van der Waals surface area contributed by atoms with Crippen LogP contribution in [0.25, 0.3) is 0 Å². The molecule has 0 aromatic heterocycles. The second-order valence-electron chi connectivity index (χ2n) is 16.5. The highest BCUT2D eigenvalue weighted by Gasteiger charge is 2.19. The summed E-state index contributed by atoms with van der Waals surface area (Å²) >= 11 is 0. The zero-order valence-electron chi connectivity index (χ0n) is 40.1. The van der Waals surface area contributed by atoms with Crippen molar-refractivity contribution in [1.29, 1.82) is 0 Å². The molecule has 0 aliphatic carbocycles. The van der Waals surface area contributed by atoms with Gasteiger partial charge in [0.2, 0.25) is 0 Å². The molecule has 0 saturated carbocycles. The first-order valence-corrected chi connectivity index (χ1v) is 25.3. The second kappa shape index (κ2) is 50.0. The number of carbonyl (C=O) groups excluding carboxylic acids is 3. The third kappa shape index (κ3) is 47.4. The van der Waals surface area contributed by atoms with Gasteiger partial charge in [0.1, 0.15) is 13.2 Å². The SMILES string of the molecule is CC\C=C/C=C\C=C/C=C\CCCCCC(=O)OC(COC(=O)CCCCCCC\C=C/C=C\C=C/C=C\CCCCC)COC(=O)CCCCCCCCCCCCCCC. The second-order valence-corrected chi connectivity index (χ2v) is 16.5. The molecule has 0 aromatic rings. The summed E-state index contributed by atoms with van der Waals surface area (Å²) in [6, 6.07) is 0. The Morgan fingerprint density at radius 3 is 1.03 bits per heavy atom. The van der Waals surface area contributed by atoms with Crippen LogP contribution in [0.4, 0.5) is 0 Å². The quantitative estimate of drug-likeness (QED) is 0.0263. The standard InChI is InChI=1S/C56H92O6/c1-4-7-10-13-16-19-22-25-26-27-28-29-32-34-37-40-43-46-49-55(58)61-52-53(62-56(59)50-47-44-41-38-35-31-24-21-18-15-12-9-6-3)51-60-54(57)48-45-42-39-36-33-30-23-20-17-14-11-8-5-2/h9,12,15-16,18-19,21-22,24-29,31,35,53H,4-8,10-11,13-14,17,20,23,30,32-34,36-52H2,1-3H3/b12-9-,18-15-,19-16-,24-21-,25-22-,27-26-,29-28-,35-31-. The van der Waals surface area contributed by atoms with E-state index in [0.717, 1.165) is 89.9 Å². The molecule has 62 heavy (non-hydrogen) atoms. The average Bonchev–Trinajstić information content (AvgIpc) is 3.27. The Labute approximate surface area is 381 Å². The molecule has 352 valence electrons. The molecule has 1 atom stereocenters. The van der Waals surface area contributed by atoms with E-state index >= 15 is 0 Å². The van der Waals surface area contributed by atoms with E-state index < -0.39 is 6.10 Å². The van der Waals surface area contributed by atoms with Crippen LogP contribution in [0.3, 0.4) is 0 Å². The van der Waals surface area contributed by atoms with E-state index in [0.29, 0.717) is 19.3 Å². The van der Waals surface area contributed by atoms with Crippen LogP contribution in [-0.2, 0) is 28.6 Å². The summed E-state index contributed by atoms with van der Waals surface area (Å²) in [4.78, 5) is 37.9. The minimum Gasteiger partial charge on any atom is -0.462 e. The lowest BCUT2D eigenvalue weighted by atomic mass is 10.0. The molecule has 0 rings (SSSR count). The van der Waals surface area contributed by atoms with Crippen LogP contribution < -0.4 is 0 Å². The molecule has 0 aliphatic heterocycles. The molecule has 0 aromatic carbocycles. The van der Waals surface area contributed by atoms with E-state index in [4.69, 9.17) is 14.2 Å². The minimum absolute atomic E-state index is 0.101. The number of ether oxygens (including phenoxy) is 3. The number of carbonyl (C=O) groups is 3. The van der Waals surface area contributed by atoms with Crippen molar-refractivity contribution in [1.82, 2.24) is 0 Å². The maximum Gasteiger partial charge on any atom is 0.306 e. The monoisotopic (exact) mass is 861 g/mol. The van der Waals surface area contributed by atoms with E-state index in [2.05, 4.69) is 81.5 Å². The van der Waals surface area contributed by atoms with Crippen LogP contribution in [-0.4, -0.2) is 37.2 Å². The van der Waals surface area contributed by atoms with Gasteiger partial charge in [-0.2, -0.15) is 0 Å². The highest BCUT2D eigenvalue weighted by atomic mass is 16.6. The zero-order valence-corrected chi connectivity index (χ0v) is 40.1. The Hall–Kier alpha value is -3.67. The Balaban J connectivity index is 4.49. The van der Waals surface area contributed by atoms with Gasteiger partial charge in [-0.1, -0.05) is 234 Å². The first-order chi connectivity index (χ1) is 30.5. The van der Waals surface area contributed by atoms with Crippen molar-refractivity contribution in [3.05, 3.63) is 97.2 Å². The molecule has 6 nitrogen and oxygen atoms in total. The van der Waals surface area contributed by atoms with Crippen LogP contribution in [0.15, 0.2) is 97.2 Å². The van der Waals surface area contributed by atoms with Gasteiger partial charge in [0.05, 0.1) is 0 Å². The first kappa shape index (κ1) is 58.3. The Morgan fingerprint density at radius 2 is 0.629 bits per heavy atom. The fourth-order valence-electron chi connectivity index (χ4n) is 6.70. The van der Waals surface area contributed by atoms with Crippen molar-refractivity contribution in [2.45, 2.75) is 226 Å². The van der Waals surface area contributed by atoms with E-state index in [9.17, 15) is 14.4 Å². The van der Waals surface area contributed by atoms with Crippen LogP contribution in [0.2, 0.25) is 0 Å². The molecule has 0 spiro atoms. The smallest absolute Gasteiger partial charge is 0.306 e. The minimum atomic E-state index is -0.806. The molecule has 1 unspecified atom stereocenters. The molecular weight excluding hydrogens is 769 g/mol. The summed E-state index contributed by atoms with van der Waals surface area (Å²) in [5.74, 6) is -0.967. The van der Waals surface area contributed by atoms with Crippen LogP contribution in [0, 0.1) is 0 Å². The molecule has 0 amide bonds. The highest BCUT2D eigenvalue weighted by molar-refractivity contribution is 5.71. The first-order valence-electron chi connectivity index (χ1n) is 25.3. The number of esters is 3. The normalized spacial score (nSPS) is 12.9. The van der Waals surface area contributed by atoms with Gasteiger partial charge in [0, 0.05) is 19.3 Å². The van der Waals surface area contributed by atoms with Gasteiger partial charge in [-0.15, -0.1) is 0 Å². The molecule has 0 saturated heterocycles. The van der Waals surface area contributed by atoms with Gasteiger partial charge in [-0.25, -0.2) is 0 Å². The van der Waals surface area contributed by atoms with E-state index in [1.807, 2.05) is 36.5 Å². The van der Waals surface area contributed by atoms with Crippen molar-refractivity contribution in [2.24, 2.45) is 0 Å². The fraction of sp³-hybridized carbons (Fsp3) is 0.661. The largest absolute Gasteiger partial charge is 0.462 e. The summed E-state index contributed by atoms with van der Waals surface area (Å²) in [5.41, 5.74) is 0. The molecule has 0 bridgehead atoms. The van der Waals surface area contributed by atoms with E-state index in [-0.39, 0.29) is 37.5 Å². The number of hydrogen-bond donors (Lipinski definition) is 0. The van der Waals surface area contributed by atoms with Gasteiger partial charge < -0.3 is 14.2 Å². The van der Waals surface area contributed by atoms with E-state index in [1.165, 1.54) is 83.5 Å². The molecule has 0 aliphatic rings. The fourth-order valence-corrected chi connectivity index (χ4v) is 6.70. The maximum absolute atomic E-state index is 12.8. The predicted octanol–water partition coefficient (Wildman–Crippen LogP) is 16.6. The summed E-state index contributed by atoms with van der Waals surface area (Å²) in [5, 5.41) is 0. The lowest BCUT2D eigenvalue weighted by Gasteiger charge is -2.18. The topological polar surface area (TPSA) is 78.9 Å². The number of unbranched alkanes of at least 4 members (excludes halogenated alkanes) is 23. The summed E-state index contributed by atoms with van der Waals surface area (Å²) in [6.07, 6.45) is 65.3. The molecule has 0 N–H and O–H groups in total. The predicted molar refractivity (Wildman–Crippen MR) is 265 cm³/mol. The lowest BCUT2D eigenvalue weighted by Crippen LogP contribution is -2.30. The Bertz CT molecular complexity index is 1260. The number of hydrogen-bond acceptors (Lipinski definition) is 6. The van der Waals surface area contributed by atoms with Crippen LogP contribution in [0.5, 0.6) is 0 Å². The molecule has 6 heteroatoms. The van der Waals surface area contributed by atoms with Crippen molar-refractivity contribution >= 4 is 17.9 Å². The number of allylic oxidation sites excluding steroid dienone is 16. The van der Waals surface area contributed by atoms with Crippen LogP contribution >= 0.6 is 0 Å². The molecule has 0 fully saturated rings. The summed E-state index contributed by atoms with van der Waals surface area (Å²) < 4.78 is 16.7. The van der Waals surface area contributed by atoms with Gasteiger partial charge >= 0.3 is 17.9 Å². The van der Waals surface area contributed by atoms with Gasteiger partial charge in [-0.3, -0.25) is 14.4 Å². The van der Waals surface area contributed by atoms with Crippen molar-refractivity contribution in [3.8, 4) is 0 Å². The summed E-state index contributed by atoms with van der Waals surface area (Å²) in [6.45, 7) is 6.39. The molecule has 0 radical (unpaired) electrons. The third-order valence-electron chi connectivity index (χ3n) is 10.5.